The van der Waals surface area contributed by atoms with Crippen LogP contribution in [-0.2, 0) is 0 Å². The van der Waals surface area contributed by atoms with Crippen LogP contribution in [0, 0.1) is 0 Å². The number of hydrogen-bond acceptors (Lipinski definition) is 2. The standard InChI is InChI=1S/C35H31NO/c1-22(2)27-12-8-13-28(23(3)4)34(27)26-18-19-36-32(20-26)31-15-9-14-30-29-17-16-25(21-33(29)37-35(30)31)24-10-6-5-7-11-24/h5-23H,1-4H3. The van der Waals surface area contributed by atoms with Crippen molar-refractivity contribution in [1.29, 1.82) is 0 Å². The van der Waals surface area contributed by atoms with Gasteiger partial charge in [-0.3, -0.25) is 4.98 Å². The molecule has 182 valence electrons. The van der Waals surface area contributed by atoms with Gasteiger partial charge in [-0.05, 0) is 75.5 Å². The number of pyridine rings is 1. The van der Waals surface area contributed by atoms with E-state index in [-0.39, 0.29) is 0 Å². The zero-order valence-electron chi connectivity index (χ0n) is 21.8. The maximum Gasteiger partial charge on any atom is 0.144 e. The number of nitrogens with zero attached hydrogens (tertiary/aromatic N) is 1. The highest BCUT2D eigenvalue weighted by Gasteiger charge is 2.18. The first-order valence-electron chi connectivity index (χ1n) is 13.1. The molecule has 2 heterocycles. The molecule has 0 radical (unpaired) electrons. The van der Waals surface area contributed by atoms with Gasteiger partial charge in [-0.25, -0.2) is 0 Å². The van der Waals surface area contributed by atoms with Crippen molar-refractivity contribution >= 4 is 21.9 Å². The second-order valence-corrected chi connectivity index (χ2v) is 10.4. The van der Waals surface area contributed by atoms with Gasteiger partial charge in [-0.15, -0.1) is 0 Å². The molecule has 37 heavy (non-hydrogen) atoms. The first-order chi connectivity index (χ1) is 18.0. The van der Waals surface area contributed by atoms with Crippen LogP contribution in [0.5, 0.6) is 0 Å². The molecule has 6 rings (SSSR count). The lowest BCUT2D eigenvalue weighted by Gasteiger charge is -2.20. The average molecular weight is 482 g/mol. The third kappa shape index (κ3) is 4.13. The summed E-state index contributed by atoms with van der Waals surface area (Å²) in [5, 5.41) is 2.24. The van der Waals surface area contributed by atoms with Gasteiger partial charge in [0.15, 0.2) is 0 Å². The summed E-state index contributed by atoms with van der Waals surface area (Å²) in [5.74, 6) is 0.867. The predicted molar refractivity (Wildman–Crippen MR) is 156 cm³/mol. The summed E-state index contributed by atoms with van der Waals surface area (Å²) < 4.78 is 6.53. The number of para-hydroxylation sites is 1. The van der Waals surface area contributed by atoms with Crippen molar-refractivity contribution in [2.45, 2.75) is 39.5 Å². The molecular weight excluding hydrogens is 450 g/mol. The van der Waals surface area contributed by atoms with E-state index in [9.17, 15) is 0 Å². The minimum absolute atomic E-state index is 0.433. The van der Waals surface area contributed by atoms with Gasteiger partial charge in [0.1, 0.15) is 11.2 Å². The topological polar surface area (TPSA) is 26.0 Å². The van der Waals surface area contributed by atoms with Gasteiger partial charge in [0.25, 0.3) is 0 Å². The quantitative estimate of drug-likeness (QED) is 0.245. The van der Waals surface area contributed by atoms with Gasteiger partial charge in [-0.2, -0.15) is 0 Å². The monoisotopic (exact) mass is 481 g/mol. The number of fused-ring (bicyclic) bond motifs is 3. The van der Waals surface area contributed by atoms with Crippen LogP contribution < -0.4 is 0 Å². The zero-order valence-corrected chi connectivity index (χ0v) is 21.8. The molecule has 2 heteroatoms. The lowest BCUT2D eigenvalue weighted by Crippen LogP contribution is -2.00. The van der Waals surface area contributed by atoms with Gasteiger partial charge < -0.3 is 4.42 Å². The van der Waals surface area contributed by atoms with Crippen LogP contribution >= 0.6 is 0 Å². The van der Waals surface area contributed by atoms with E-state index >= 15 is 0 Å². The summed E-state index contributed by atoms with van der Waals surface area (Å²) in [4.78, 5) is 4.81. The second-order valence-electron chi connectivity index (χ2n) is 10.4. The highest BCUT2D eigenvalue weighted by Crippen LogP contribution is 2.40. The molecule has 0 N–H and O–H groups in total. The van der Waals surface area contributed by atoms with E-state index in [0.717, 1.165) is 38.8 Å². The third-order valence-electron chi connectivity index (χ3n) is 7.30. The average Bonchev–Trinajstić information content (AvgIpc) is 3.31. The van der Waals surface area contributed by atoms with Crippen LogP contribution in [0.2, 0.25) is 0 Å². The lowest BCUT2D eigenvalue weighted by atomic mass is 9.85. The molecule has 2 nitrogen and oxygen atoms in total. The van der Waals surface area contributed by atoms with Gasteiger partial charge in [0.05, 0.1) is 5.69 Å². The molecule has 0 atom stereocenters. The summed E-state index contributed by atoms with van der Waals surface area (Å²) in [6, 6.07) is 34.4. The third-order valence-corrected chi connectivity index (χ3v) is 7.30. The Morgan fingerprint density at radius 1 is 0.595 bits per heavy atom. The molecule has 0 spiro atoms. The van der Waals surface area contributed by atoms with E-state index in [1.807, 2.05) is 12.3 Å². The first kappa shape index (κ1) is 23.2. The van der Waals surface area contributed by atoms with Gasteiger partial charge in [0, 0.05) is 22.5 Å². The molecule has 0 aliphatic heterocycles. The maximum absolute atomic E-state index is 6.53. The number of hydrogen-bond donors (Lipinski definition) is 0. The van der Waals surface area contributed by atoms with Gasteiger partial charge >= 0.3 is 0 Å². The minimum Gasteiger partial charge on any atom is -0.455 e. The Hall–Kier alpha value is -4.17. The van der Waals surface area contributed by atoms with E-state index in [0.29, 0.717) is 11.8 Å². The van der Waals surface area contributed by atoms with E-state index in [2.05, 4.69) is 119 Å². The Balaban J connectivity index is 1.52. The molecular formula is C35H31NO. The Bertz CT molecular complexity index is 1700. The molecule has 2 aromatic heterocycles. The fraction of sp³-hybridized carbons (Fsp3) is 0.171. The van der Waals surface area contributed by atoms with Gasteiger partial charge in [0.2, 0.25) is 0 Å². The van der Waals surface area contributed by atoms with Crippen molar-refractivity contribution in [2.75, 3.05) is 0 Å². The van der Waals surface area contributed by atoms with Crippen LogP contribution in [0.15, 0.2) is 108 Å². The SMILES string of the molecule is CC(C)c1cccc(C(C)C)c1-c1ccnc(-c2cccc3c2oc2cc(-c4ccccc4)ccc23)c1. The Morgan fingerprint density at radius 3 is 2.05 bits per heavy atom. The largest absolute Gasteiger partial charge is 0.455 e. The fourth-order valence-corrected chi connectivity index (χ4v) is 5.43. The van der Waals surface area contributed by atoms with Crippen LogP contribution in [-0.4, -0.2) is 4.98 Å². The summed E-state index contributed by atoms with van der Waals surface area (Å²) in [7, 11) is 0. The first-order valence-corrected chi connectivity index (χ1v) is 13.1. The fourth-order valence-electron chi connectivity index (χ4n) is 5.43. The predicted octanol–water partition coefficient (Wildman–Crippen LogP) is 10.2. The van der Waals surface area contributed by atoms with Crippen molar-refractivity contribution in [3.8, 4) is 33.5 Å². The van der Waals surface area contributed by atoms with E-state index < -0.39 is 0 Å². The van der Waals surface area contributed by atoms with Crippen molar-refractivity contribution in [3.05, 3.63) is 114 Å². The molecule has 4 aromatic carbocycles. The van der Waals surface area contributed by atoms with Crippen molar-refractivity contribution < 1.29 is 4.42 Å². The molecule has 0 fully saturated rings. The molecule has 0 aliphatic rings. The van der Waals surface area contributed by atoms with Crippen molar-refractivity contribution in [3.63, 3.8) is 0 Å². The highest BCUT2D eigenvalue weighted by atomic mass is 16.3. The van der Waals surface area contributed by atoms with Crippen LogP contribution in [0.4, 0.5) is 0 Å². The normalized spacial score (nSPS) is 11.7. The maximum atomic E-state index is 6.53. The molecule has 0 unspecified atom stereocenters. The summed E-state index contributed by atoms with van der Waals surface area (Å²) in [6.45, 7) is 9.07. The number of furan rings is 1. The summed E-state index contributed by atoms with van der Waals surface area (Å²) in [6.07, 6.45) is 1.93. The van der Waals surface area contributed by atoms with E-state index in [4.69, 9.17) is 9.40 Å². The van der Waals surface area contributed by atoms with Crippen molar-refractivity contribution in [2.24, 2.45) is 0 Å². The molecule has 0 aliphatic carbocycles. The van der Waals surface area contributed by atoms with Crippen LogP contribution in [0.25, 0.3) is 55.4 Å². The van der Waals surface area contributed by atoms with E-state index in [1.54, 1.807) is 0 Å². The summed E-state index contributed by atoms with van der Waals surface area (Å²) in [5.41, 5.74) is 11.4. The zero-order chi connectivity index (χ0) is 25.5. The minimum atomic E-state index is 0.433. The van der Waals surface area contributed by atoms with Crippen LogP contribution in [0.3, 0.4) is 0 Å². The van der Waals surface area contributed by atoms with Crippen LogP contribution in [0.1, 0.15) is 50.7 Å². The Morgan fingerprint density at radius 2 is 1.32 bits per heavy atom. The van der Waals surface area contributed by atoms with Crippen molar-refractivity contribution in [1.82, 2.24) is 4.98 Å². The number of benzene rings is 4. The Labute approximate surface area is 218 Å². The molecule has 0 saturated carbocycles. The second kappa shape index (κ2) is 9.37. The summed E-state index contributed by atoms with van der Waals surface area (Å²) >= 11 is 0. The highest BCUT2D eigenvalue weighted by molar-refractivity contribution is 6.10. The van der Waals surface area contributed by atoms with Gasteiger partial charge in [-0.1, -0.05) is 94.4 Å². The molecule has 0 bridgehead atoms. The van der Waals surface area contributed by atoms with E-state index in [1.165, 1.54) is 27.8 Å². The lowest BCUT2D eigenvalue weighted by molar-refractivity contribution is 0.670. The molecule has 0 amide bonds. The smallest absolute Gasteiger partial charge is 0.144 e. The Kier molecular flexibility index (Phi) is 5.88. The number of aromatic nitrogens is 1. The molecule has 6 aromatic rings. The molecule has 0 saturated heterocycles. The number of rotatable bonds is 5.